The van der Waals surface area contributed by atoms with Gasteiger partial charge in [-0.15, -0.1) is 0 Å². The Labute approximate surface area is 82.9 Å². The summed E-state index contributed by atoms with van der Waals surface area (Å²) in [4.78, 5) is 0. The second-order valence-electron chi connectivity index (χ2n) is 4.10. The molecule has 0 unspecified atom stereocenters. The molecular weight excluding hydrogens is 184 g/mol. The highest BCUT2D eigenvalue weighted by Gasteiger charge is 2.18. The van der Waals surface area contributed by atoms with E-state index in [1.165, 1.54) is 12.1 Å². The van der Waals surface area contributed by atoms with Gasteiger partial charge in [-0.25, -0.2) is 8.78 Å². The highest BCUT2D eigenvalue weighted by Crippen LogP contribution is 2.26. The lowest BCUT2D eigenvalue weighted by atomic mass is 9.90. The number of hydrogen-bond acceptors (Lipinski definition) is 1. The predicted molar refractivity (Wildman–Crippen MR) is 53.3 cm³/mol. The topological polar surface area (TPSA) is 26.0 Å². The van der Waals surface area contributed by atoms with Crippen molar-refractivity contribution in [2.75, 3.05) is 0 Å². The van der Waals surface area contributed by atoms with Crippen LogP contribution in [0.2, 0.25) is 0 Å². The Bertz CT molecular complexity index is 327. The Morgan fingerprint density at radius 1 is 1.29 bits per heavy atom. The fourth-order valence-corrected chi connectivity index (χ4v) is 1.47. The monoisotopic (exact) mass is 199 g/mol. The number of halogens is 2. The van der Waals surface area contributed by atoms with Gasteiger partial charge in [0.25, 0.3) is 6.43 Å². The van der Waals surface area contributed by atoms with Crippen molar-refractivity contribution in [1.82, 2.24) is 0 Å². The standard InChI is InChI=1S/C11H15F2N/c1-7-4-5-8(10(12)13)6-9(7)11(2,3)14/h4-6,10H,14H2,1-3H3. The van der Waals surface area contributed by atoms with Crippen LogP contribution in [0.3, 0.4) is 0 Å². The largest absolute Gasteiger partial charge is 0.322 e. The Morgan fingerprint density at radius 3 is 2.29 bits per heavy atom. The highest BCUT2D eigenvalue weighted by atomic mass is 19.3. The molecule has 0 saturated heterocycles. The first-order valence-electron chi connectivity index (χ1n) is 4.50. The minimum atomic E-state index is -2.43. The van der Waals surface area contributed by atoms with Crippen molar-refractivity contribution in [3.05, 3.63) is 34.9 Å². The summed E-state index contributed by atoms with van der Waals surface area (Å²) < 4.78 is 24.9. The van der Waals surface area contributed by atoms with Gasteiger partial charge in [-0.3, -0.25) is 0 Å². The van der Waals surface area contributed by atoms with E-state index in [1.807, 2.05) is 20.8 Å². The van der Waals surface area contributed by atoms with Gasteiger partial charge in [0.15, 0.2) is 0 Å². The molecule has 0 aliphatic heterocycles. The van der Waals surface area contributed by atoms with E-state index in [1.54, 1.807) is 6.07 Å². The molecule has 1 nitrogen and oxygen atoms in total. The van der Waals surface area contributed by atoms with Gasteiger partial charge in [0.05, 0.1) is 0 Å². The number of benzene rings is 1. The molecule has 14 heavy (non-hydrogen) atoms. The molecule has 78 valence electrons. The second kappa shape index (κ2) is 3.65. The van der Waals surface area contributed by atoms with Crippen LogP contribution in [-0.2, 0) is 5.54 Å². The summed E-state index contributed by atoms with van der Waals surface area (Å²) >= 11 is 0. The third-order valence-electron chi connectivity index (χ3n) is 2.21. The lowest BCUT2D eigenvalue weighted by molar-refractivity contribution is 0.151. The molecule has 0 aromatic heterocycles. The first-order chi connectivity index (χ1) is 6.32. The molecule has 2 N–H and O–H groups in total. The summed E-state index contributed by atoms with van der Waals surface area (Å²) in [5.41, 5.74) is 7.06. The molecule has 0 heterocycles. The van der Waals surface area contributed by atoms with Crippen LogP contribution in [0.5, 0.6) is 0 Å². The molecule has 0 bridgehead atoms. The number of nitrogens with two attached hydrogens (primary N) is 1. The van der Waals surface area contributed by atoms with E-state index < -0.39 is 12.0 Å². The number of hydrogen-bond donors (Lipinski definition) is 1. The van der Waals surface area contributed by atoms with E-state index in [-0.39, 0.29) is 5.56 Å². The SMILES string of the molecule is Cc1ccc(C(F)F)cc1C(C)(C)N. The van der Waals surface area contributed by atoms with Crippen LogP contribution in [-0.4, -0.2) is 0 Å². The van der Waals surface area contributed by atoms with Crippen LogP contribution in [0.4, 0.5) is 8.78 Å². The van der Waals surface area contributed by atoms with Crippen molar-refractivity contribution in [1.29, 1.82) is 0 Å². The maximum atomic E-state index is 12.4. The van der Waals surface area contributed by atoms with Crippen molar-refractivity contribution in [2.24, 2.45) is 5.73 Å². The molecule has 0 aliphatic rings. The van der Waals surface area contributed by atoms with Crippen LogP contribution in [0, 0.1) is 6.92 Å². The van der Waals surface area contributed by atoms with E-state index in [4.69, 9.17) is 5.73 Å². The van der Waals surface area contributed by atoms with E-state index in [9.17, 15) is 8.78 Å². The van der Waals surface area contributed by atoms with Gasteiger partial charge in [0.2, 0.25) is 0 Å². The fourth-order valence-electron chi connectivity index (χ4n) is 1.47. The van der Waals surface area contributed by atoms with Gasteiger partial charge in [-0.2, -0.15) is 0 Å². The van der Waals surface area contributed by atoms with Gasteiger partial charge in [-0.05, 0) is 38.0 Å². The normalized spacial score (nSPS) is 12.2. The fraction of sp³-hybridized carbons (Fsp3) is 0.455. The summed E-state index contributed by atoms with van der Waals surface area (Å²) in [6.07, 6.45) is -2.43. The lowest BCUT2D eigenvalue weighted by Gasteiger charge is -2.22. The highest BCUT2D eigenvalue weighted by molar-refractivity contribution is 5.35. The minimum absolute atomic E-state index is 0.0316. The number of alkyl halides is 2. The number of aryl methyl sites for hydroxylation is 1. The zero-order chi connectivity index (χ0) is 10.9. The molecule has 0 aliphatic carbocycles. The lowest BCUT2D eigenvalue weighted by Crippen LogP contribution is -2.29. The van der Waals surface area contributed by atoms with Gasteiger partial charge in [-0.1, -0.05) is 12.1 Å². The Morgan fingerprint density at radius 2 is 1.86 bits per heavy atom. The summed E-state index contributed by atoms with van der Waals surface area (Å²) in [5.74, 6) is 0. The van der Waals surface area contributed by atoms with E-state index in [0.717, 1.165) is 11.1 Å². The quantitative estimate of drug-likeness (QED) is 0.778. The first kappa shape index (κ1) is 11.1. The van der Waals surface area contributed by atoms with Gasteiger partial charge >= 0.3 is 0 Å². The Kier molecular flexibility index (Phi) is 2.90. The molecule has 0 saturated carbocycles. The van der Waals surface area contributed by atoms with Gasteiger partial charge in [0, 0.05) is 11.1 Å². The summed E-state index contributed by atoms with van der Waals surface area (Å²) in [7, 11) is 0. The average Bonchev–Trinajstić information content (AvgIpc) is 2.02. The molecule has 1 aromatic carbocycles. The van der Waals surface area contributed by atoms with E-state index in [2.05, 4.69) is 0 Å². The molecule has 0 fully saturated rings. The van der Waals surface area contributed by atoms with E-state index in [0.29, 0.717) is 0 Å². The maximum Gasteiger partial charge on any atom is 0.263 e. The smallest absolute Gasteiger partial charge is 0.263 e. The van der Waals surface area contributed by atoms with Crippen LogP contribution < -0.4 is 5.73 Å². The van der Waals surface area contributed by atoms with Crippen LogP contribution in [0.25, 0.3) is 0 Å². The zero-order valence-corrected chi connectivity index (χ0v) is 8.64. The van der Waals surface area contributed by atoms with Crippen molar-refractivity contribution >= 4 is 0 Å². The molecule has 0 atom stereocenters. The average molecular weight is 199 g/mol. The summed E-state index contributed by atoms with van der Waals surface area (Å²) in [6.45, 7) is 5.49. The molecular formula is C11H15F2N. The second-order valence-corrected chi connectivity index (χ2v) is 4.10. The van der Waals surface area contributed by atoms with Gasteiger partial charge in [0.1, 0.15) is 0 Å². The van der Waals surface area contributed by atoms with Crippen LogP contribution in [0.1, 0.15) is 37.0 Å². The third-order valence-corrected chi connectivity index (χ3v) is 2.21. The Hall–Kier alpha value is -0.960. The predicted octanol–water partition coefficient (Wildman–Crippen LogP) is 3.13. The van der Waals surface area contributed by atoms with Crippen LogP contribution >= 0.6 is 0 Å². The molecule has 1 aromatic rings. The van der Waals surface area contributed by atoms with Crippen molar-refractivity contribution in [3.8, 4) is 0 Å². The third kappa shape index (κ3) is 2.29. The molecule has 0 radical (unpaired) electrons. The first-order valence-corrected chi connectivity index (χ1v) is 4.50. The Balaban J connectivity index is 3.22. The summed E-state index contributed by atoms with van der Waals surface area (Å²) in [6, 6.07) is 4.61. The van der Waals surface area contributed by atoms with Crippen molar-refractivity contribution < 1.29 is 8.78 Å². The van der Waals surface area contributed by atoms with Gasteiger partial charge < -0.3 is 5.73 Å². The minimum Gasteiger partial charge on any atom is -0.322 e. The molecule has 0 spiro atoms. The van der Waals surface area contributed by atoms with E-state index >= 15 is 0 Å². The maximum absolute atomic E-state index is 12.4. The van der Waals surface area contributed by atoms with Crippen molar-refractivity contribution in [2.45, 2.75) is 32.7 Å². The van der Waals surface area contributed by atoms with Crippen molar-refractivity contribution in [3.63, 3.8) is 0 Å². The zero-order valence-electron chi connectivity index (χ0n) is 8.64. The number of rotatable bonds is 2. The van der Waals surface area contributed by atoms with Crippen LogP contribution in [0.15, 0.2) is 18.2 Å². The summed E-state index contributed by atoms with van der Waals surface area (Å²) in [5, 5.41) is 0. The molecule has 0 amide bonds. The molecule has 1 rings (SSSR count). The molecule has 3 heteroatoms.